The molecule has 5 nitrogen and oxygen atoms in total. The van der Waals surface area contributed by atoms with Crippen molar-refractivity contribution in [3.63, 3.8) is 0 Å². The van der Waals surface area contributed by atoms with E-state index in [0.29, 0.717) is 5.92 Å². The van der Waals surface area contributed by atoms with E-state index in [2.05, 4.69) is 9.88 Å². The van der Waals surface area contributed by atoms with E-state index >= 15 is 0 Å². The van der Waals surface area contributed by atoms with Crippen molar-refractivity contribution in [2.24, 2.45) is 5.92 Å². The number of fused-ring (bicyclic) bond motifs is 1. The minimum atomic E-state index is -3.39. The number of allylic oxidation sites excluding steroid dienone is 1. The van der Waals surface area contributed by atoms with Crippen LogP contribution in [0.15, 0.2) is 42.6 Å². The van der Waals surface area contributed by atoms with Gasteiger partial charge >= 0.3 is 0 Å². The van der Waals surface area contributed by atoms with E-state index in [1.54, 1.807) is 18.3 Å². The molecule has 134 valence electrons. The Morgan fingerprint density at radius 1 is 1.32 bits per heavy atom. The van der Waals surface area contributed by atoms with Gasteiger partial charge in [0.15, 0.2) is 0 Å². The van der Waals surface area contributed by atoms with Gasteiger partial charge in [-0.2, -0.15) is 8.42 Å². The summed E-state index contributed by atoms with van der Waals surface area (Å²) in [6.07, 6.45) is 8.43. The average molecular weight is 364 g/mol. The molecule has 3 rings (SSSR count). The lowest BCUT2D eigenvalue weighted by Gasteiger charge is -2.32. The average Bonchev–Trinajstić information content (AvgIpc) is 2.58. The number of rotatable bonds is 5. The molecule has 0 amide bonds. The highest BCUT2D eigenvalue weighted by Gasteiger charge is 2.20. The van der Waals surface area contributed by atoms with Crippen LogP contribution in [0.2, 0.25) is 0 Å². The number of hydrogen-bond acceptors (Lipinski definition) is 5. The zero-order chi connectivity index (χ0) is 17.9. The van der Waals surface area contributed by atoms with Crippen LogP contribution in [0.1, 0.15) is 12.8 Å². The van der Waals surface area contributed by atoms with Crippen molar-refractivity contribution in [2.75, 3.05) is 30.9 Å². The Balaban J connectivity index is 1.63. The second-order valence-electron chi connectivity index (χ2n) is 6.24. The summed E-state index contributed by atoms with van der Waals surface area (Å²) in [6, 6.07) is 6.65. The Hall–Kier alpha value is -1.99. The molecule has 1 aromatic heterocycles. The van der Waals surface area contributed by atoms with E-state index in [0.717, 1.165) is 48.8 Å². The Bertz CT molecular complexity index is 875. The quantitative estimate of drug-likeness (QED) is 0.603. The maximum atomic E-state index is 13.6. The minimum Gasteiger partial charge on any atom is -0.356 e. The molecule has 25 heavy (non-hydrogen) atoms. The summed E-state index contributed by atoms with van der Waals surface area (Å²) in [4.78, 5) is 6.63. The Kier molecular flexibility index (Phi) is 5.34. The van der Waals surface area contributed by atoms with Crippen LogP contribution in [0.4, 0.5) is 10.2 Å². The Labute approximate surface area is 147 Å². The van der Waals surface area contributed by atoms with Crippen molar-refractivity contribution in [3.05, 3.63) is 48.4 Å². The van der Waals surface area contributed by atoms with Gasteiger partial charge in [0, 0.05) is 24.7 Å². The summed E-state index contributed by atoms with van der Waals surface area (Å²) < 4.78 is 40.1. The van der Waals surface area contributed by atoms with Crippen LogP contribution in [0.3, 0.4) is 0 Å². The molecule has 0 radical (unpaired) electrons. The molecular formula is C18H21FN2O3S. The summed E-state index contributed by atoms with van der Waals surface area (Å²) in [5.41, 5.74) is 0. The maximum Gasteiger partial charge on any atom is 0.264 e. The molecule has 1 aliphatic heterocycles. The normalized spacial score (nSPS) is 16.8. The molecule has 7 heteroatoms. The smallest absolute Gasteiger partial charge is 0.264 e. The number of anilines is 1. The zero-order valence-electron chi connectivity index (χ0n) is 14.1. The first-order valence-corrected chi connectivity index (χ1v) is 10.0. The van der Waals surface area contributed by atoms with Crippen LogP contribution in [-0.2, 0) is 14.3 Å². The van der Waals surface area contributed by atoms with Crippen molar-refractivity contribution < 1.29 is 17.0 Å². The molecule has 0 saturated carbocycles. The number of hydrogen-bond donors (Lipinski definition) is 0. The lowest BCUT2D eigenvalue weighted by atomic mass is 9.96. The molecule has 1 saturated heterocycles. The van der Waals surface area contributed by atoms with Gasteiger partial charge in [0.25, 0.3) is 10.1 Å². The topological polar surface area (TPSA) is 59.5 Å². The molecule has 0 unspecified atom stereocenters. The zero-order valence-corrected chi connectivity index (χ0v) is 14.9. The molecule has 2 heterocycles. The number of nitrogens with zero attached hydrogens (tertiary/aromatic N) is 2. The lowest BCUT2D eigenvalue weighted by Crippen LogP contribution is -2.33. The lowest BCUT2D eigenvalue weighted by molar-refractivity contribution is 0.360. The number of piperidine rings is 1. The third kappa shape index (κ3) is 4.76. The Morgan fingerprint density at radius 2 is 2.08 bits per heavy atom. The van der Waals surface area contributed by atoms with Crippen LogP contribution in [0.25, 0.3) is 10.8 Å². The van der Waals surface area contributed by atoms with Gasteiger partial charge < -0.3 is 4.90 Å². The fourth-order valence-corrected chi connectivity index (χ4v) is 3.42. The number of aromatic nitrogens is 1. The van der Waals surface area contributed by atoms with Crippen molar-refractivity contribution in [3.8, 4) is 0 Å². The molecule has 0 atom stereocenters. The van der Waals surface area contributed by atoms with Gasteiger partial charge in [-0.05, 0) is 42.3 Å². The highest BCUT2D eigenvalue weighted by Crippen LogP contribution is 2.29. The fourth-order valence-electron chi connectivity index (χ4n) is 3.09. The van der Waals surface area contributed by atoms with E-state index in [4.69, 9.17) is 4.18 Å². The summed E-state index contributed by atoms with van der Waals surface area (Å²) in [7, 11) is -3.39. The number of pyridine rings is 1. The van der Waals surface area contributed by atoms with E-state index < -0.39 is 10.1 Å². The molecular weight excluding hydrogens is 343 g/mol. The van der Waals surface area contributed by atoms with Gasteiger partial charge in [-0.1, -0.05) is 18.2 Å². The molecule has 1 aromatic carbocycles. The third-order valence-electron chi connectivity index (χ3n) is 4.33. The molecule has 0 bridgehead atoms. The first kappa shape index (κ1) is 17.8. The molecule has 1 aliphatic rings. The van der Waals surface area contributed by atoms with Crippen molar-refractivity contribution >= 4 is 26.7 Å². The van der Waals surface area contributed by atoms with Crippen molar-refractivity contribution in [1.82, 2.24) is 4.98 Å². The molecule has 0 aliphatic carbocycles. The fraction of sp³-hybridized carbons (Fsp3) is 0.389. The first-order valence-electron chi connectivity index (χ1n) is 8.23. The predicted molar refractivity (Wildman–Crippen MR) is 96.6 cm³/mol. The highest BCUT2D eigenvalue weighted by atomic mass is 32.2. The van der Waals surface area contributed by atoms with Gasteiger partial charge in [-0.25, -0.2) is 9.37 Å². The molecule has 0 N–H and O–H groups in total. The molecule has 1 fully saturated rings. The van der Waals surface area contributed by atoms with E-state index in [1.807, 2.05) is 12.1 Å². The minimum absolute atomic E-state index is 0.0726. The van der Waals surface area contributed by atoms with E-state index in [9.17, 15) is 12.8 Å². The summed E-state index contributed by atoms with van der Waals surface area (Å²) >= 11 is 0. The SMILES string of the molecule is CS(=O)(=O)OCC=CC1CCN(c2nccc3ccc(F)cc23)CC1. The van der Waals surface area contributed by atoms with Crippen LogP contribution >= 0.6 is 0 Å². The molecule has 2 aromatic rings. The first-order chi connectivity index (χ1) is 11.9. The number of halogens is 1. The largest absolute Gasteiger partial charge is 0.356 e. The van der Waals surface area contributed by atoms with Gasteiger partial charge in [-0.3, -0.25) is 4.18 Å². The van der Waals surface area contributed by atoms with Crippen molar-refractivity contribution in [2.45, 2.75) is 12.8 Å². The standard InChI is InChI=1S/C18H21FN2O3S/c1-25(22,23)24-12-2-3-14-7-10-21(11-8-14)18-17-13-16(19)5-4-15(17)6-9-20-18/h2-6,9,13-14H,7-8,10-12H2,1H3. The van der Waals surface area contributed by atoms with Crippen LogP contribution in [-0.4, -0.2) is 39.4 Å². The van der Waals surface area contributed by atoms with Gasteiger partial charge in [-0.15, -0.1) is 0 Å². The summed E-state index contributed by atoms with van der Waals surface area (Å²) in [6.45, 7) is 1.72. The highest BCUT2D eigenvalue weighted by molar-refractivity contribution is 7.85. The second-order valence-corrected chi connectivity index (χ2v) is 7.89. The Morgan fingerprint density at radius 3 is 2.80 bits per heavy atom. The van der Waals surface area contributed by atoms with Gasteiger partial charge in [0.05, 0.1) is 12.9 Å². The van der Waals surface area contributed by atoms with Crippen LogP contribution in [0, 0.1) is 11.7 Å². The van der Waals surface area contributed by atoms with Crippen LogP contribution < -0.4 is 4.90 Å². The van der Waals surface area contributed by atoms with E-state index in [-0.39, 0.29) is 12.4 Å². The van der Waals surface area contributed by atoms with E-state index in [1.165, 1.54) is 12.1 Å². The molecule has 0 spiro atoms. The summed E-state index contributed by atoms with van der Waals surface area (Å²) in [5, 5.41) is 1.81. The second kappa shape index (κ2) is 7.49. The van der Waals surface area contributed by atoms with Crippen molar-refractivity contribution in [1.29, 1.82) is 0 Å². The maximum absolute atomic E-state index is 13.6. The number of benzene rings is 1. The van der Waals surface area contributed by atoms with Gasteiger partial charge in [0.1, 0.15) is 11.6 Å². The summed E-state index contributed by atoms with van der Waals surface area (Å²) in [5.74, 6) is 0.941. The van der Waals surface area contributed by atoms with Crippen LogP contribution in [0.5, 0.6) is 0 Å². The van der Waals surface area contributed by atoms with Gasteiger partial charge in [0.2, 0.25) is 0 Å². The third-order valence-corrected chi connectivity index (χ3v) is 4.90. The monoisotopic (exact) mass is 364 g/mol. The predicted octanol–water partition coefficient (Wildman–Crippen LogP) is 3.12.